The summed E-state index contributed by atoms with van der Waals surface area (Å²) in [6.45, 7) is 2.21. The zero-order valence-electron chi connectivity index (χ0n) is 12.6. The number of carbonyl (C=O) groups is 2. The molecule has 1 aromatic heterocycles. The predicted octanol–water partition coefficient (Wildman–Crippen LogP) is 0.801. The van der Waals surface area contributed by atoms with E-state index in [0.717, 1.165) is 10.9 Å². The van der Waals surface area contributed by atoms with Gasteiger partial charge in [-0.25, -0.2) is 4.98 Å². The highest BCUT2D eigenvalue weighted by Gasteiger charge is 2.09. The summed E-state index contributed by atoms with van der Waals surface area (Å²) in [6.07, 6.45) is 2.16. The first kappa shape index (κ1) is 17.1. The standard InChI is InChI=1S/C15H17BrN4O3/c1-2-5-17-13(21)7-18-14(22)8-20-9-19-12-4-3-10(16)6-11(12)15(20)23/h3-4,6,9H,2,5,7-8H2,1H3,(H,17,21)(H,18,22). The molecule has 0 atom stereocenters. The van der Waals surface area contributed by atoms with Crippen LogP contribution in [-0.4, -0.2) is 34.5 Å². The lowest BCUT2D eigenvalue weighted by Crippen LogP contribution is -2.39. The Hall–Kier alpha value is -2.22. The largest absolute Gasteiger partial charge is 0.355 e. The fourth-order valence-electron chi connectivity index (χ4n) is 1.96. The molecule has 0 aliphatic carbocycles. The number of aromatic nitrogens is 2. The first-order valence-corrected chi connectivity index (χ1v) is 7.98. The summed E-state index contributed by atoms with van der Waals surface area (Å²) in [4.78, 5) is 39.8. The van der Waals surface area contributed by atoms with Crippen molar-refractivity contribution in [1.29, 1.82) is 0 Å². The summed E-state index contributed by atoms with van der Waals surface area (Å²) >= 11 is 3.30. The first-order valence-electron chi connectivity index (χ1n) is 7.19. The van der Waals surface area contributed by atoms with Gasteiger partial charge in [-0.1, -0.05) is 22.9 Å². The van der Waals surface area contributed by atoms with Crippen LogP contribution in [0.5, 0.6) is 0 Å². The summed E-state index contributed by atoms with van der Waals surface area (Å²) in [5.74, 6) is -0.678. The van der Waals surface area contributed by atoms with E-state index in [-0.39, 0.29) is 24.6 Å². The average Bonchev–Trinajstić information content (AvgIpc) is 2.54. The molecule has 7 nitrogen and oxygen atoms in total. The van der Waals surface area contributed by atoms with E-state index in [1.165, 1.54) is 10.9 Å². The maximum atomic E-state index is 12.3. The van der Waals surface area contributed by atoms with Gasteiger partial charge in [-0.3, -0.25) is 19.0 Å². The normalized spacial score (nSPS) is 10.5. The van der Waals surface area contributed by atoms with Gasteiger partial charge >= 0.3 is 0 Å². The number of rotatable bonds is 6. The van der Waals surface area contributed by atoms with Crippen molar-refractivity contribution in [3.8, 4) is 0 Å². The molecule has 23 heavy (non-hydrogen) atoms. The Kier molecular flexibility index (Phi) is 5.86. The van der Waals surface area contributed by atoms with Crippen LogP contribution in [0.4, 0.5) is 0 Å². The van der Waals surface area contributed by atoms with Gasteiger partial charge in [0.15, 0.2) is 0 Å². The number of nitrogens with zero attached hydrogens (tertiary/aromatic N) is 2. The lowest BCUT2D eigenvalue weighted by atomic mass is 10.2. The third-order valence-electron chi connectivity index (χ3n) is 3.12. The van der Waals surface area contributed by atoms with E-state index in [4.69, 9.17) is 0 Å². The highest BCUT2D eigenvalue weighted by Crippen LogP contribution is 2.14. The van der Waals surface area contributed by atoms with Gasteiger partial charge in [0.25, 0.3) is 5.56 Å². The Bertz CT molecular complexity index is 788. The highest BCUT2D eigenvalue weighted by atomic mass is 79.9. The number of carbonyl (C=O) groups excluding carboxylic acids is 2. The lowest BCUT2D eigenvalue weighted by molar-refractivity contribution is -0.126. The third kappa shape index (κ3) is 4.62. The summed E-state index contributed by atoms with van der Waals surface area (Å²) in [5.41, 5.74) is 0.260. The van der Waals surface area contributed by atoms with Gasteiger partial charge in [0.2, 0.25) is 11.8 Å². The maximum absolute atomic E-state index is 12.3. The smallest absolute Gasteiger partial charge is 0.261 e. The number of nitrogens with one attached hydrogen (secondary N) is 2. The Morgan fingerprint density at radius 2 is 2.04 bits per heavy atom. The van der Waals surface area contributed by atoms with E-state index in [2.05, 4.69) is 31.5 Å². The molecule has 122 valence electrons. The summed E-state index contributed by atoms with van der Waals surface area (Å²) in [6, 6.07) is 5.18. The molecule has 0 saturated heterocycles. The molecule has 0 spiro atoms. The molecule has 2 N–H and O–H groups in total. The summed E-state index contributed by atoms with van der Waals surface area (Å²) < 4.78 is 1.98. The van der Waals surface area contributed by atoms with Crippen LogP contribution in [0.3, 0.4) is 0 Å². The molecule has 1 aromatic carbocycles. The van der Waals surface area contributed by atoms with Crippen LogP contribution in [0.15, 0.2) is 33.8 Å². The second-order valence-corrected chi connectivity index (χ2v) is 5.88. The zero-order valence-corrected chi connectivity index (χ0v) is 14.2. The third-order valence-corrected chi connectivity index (χ3v) is 3.61. The number of hydrogen-bond acceptors (Lipinski definition) is 4. The lowest BCUT2D eigenvalue weighted by Gasteiger charge is -2.08. The number of benzene rings is 1. The van der Waals surface area contributed by atoms with Gasteiger partial charge < -0.3 is 10.6 Å². The average molecular weight is 381 g/mol. The van der Waals surface area contributed by atoms with Crippen LogP contribution >= 0.6 is 15.9 Å². The molecule has 0 aliphatic heterocycles. The van der Waals surface area contributed by atoms with Gasteiger partial charge in [-0.2, -0.15) is 0 Å². The molecular weight excluding hydrogens is 364 g/mol. The molecule has 2 rings (SSSR count). The SMILES string of the molecule is CCCNC(=O)CNC(=O)Cn1cnc2ccc(Br)cc2c1=O. The fraction of sp³-hybridized carbons (Fsp3) is 0.333. The molecule has 0 radical (unpaired) electrons. The van der Waals surface area contributed by atoms with Crippen molar-refractivity contribution < 1.29 is 9.59 Å². The number of hydrogen-bond donors (Lipinski definition) is 2. The minimum absolute atomic E-state index is 0.111. The van der Waals surface area contributed by atoms with E-state index in [1.807, 2.05) is 6.92 Å². The Labute approximate surface area is 141 Å². The van der Waals surface area contributed by atoms with Crippen LogP contribution in [-0.2, 0) is 16.1 Å². The summed E-state index contributed by atoms with van der Waals surface area (Å²) in [7, 11) is 0. The van der Waals surface area contributed by atoms with Crippen molar-refractivity contribution >= 4 is 38.6 Å². The van der Waals surface area contributed by atoms with Gasteiger partial charge in [0.1, 0.15) is 6.54 Å². The van der Waals surface area contributed by atoms with Crippen LogP contribution in [0.25, 0.3) is 10.9 Å². The van der Waals surface area contributed by atoms with Crippen LogP contribution < -0.4 is 16.2 Å². The minimum Gasteiger partial charge on any atom is -0.355 e. The maximum Gasteiger partial charge on any atom is 0.261 e. The summed E-state index contributed by atoms with van der Waals surface area (Å²) in [5, 5.41) is 5.56. The van der Waals surface area contributed by atoms with Crippen molar-refractivity contribution in [3.63, 3.8) is 0 Å². The molecule has 1 heterocycles. The monoisotopic (exact) mass is 380 g/mol. The topological polar surface area (TPSA) is 93.1 Å². The molecule has 0 bridgehead atoms. The Morgan fingerprint density at radius 1 is 1.26 bits per heavy atom. The number of halogens is 1. The van der Waals surface area contributed by atoms with Gasteiger partial charge in [-0.05, 0) is 24.6 Å². The minimum atomic E-state index is -0.421. The Balaban J connectivity index is 2.04. The van der Waals surface area contributed by atoms with Crippen molar-refractivity contribution in [2.45, 2.75) is 19.9 Å². The predicted molar refractivity (Wildman–Crippen MR) is 90.0 cm³/mol. The molecule has 0 unspecified atom stereocenters. The highest BCUT2D eigenvalue weighted by molar-refractivity contribution is 9.10. The molecule has 2 aromatic rings. The molecule has 0 fully saturated rings. The van der Waals surface area contributed by atoms with Crippen LogP contribution in [0, 0.1) is 0 Å². The Morgan fingerprint density at radius 3 is 2.78 bits per heavy atom. The molecule has 0 aliphatic rings. The zero-order chi connectivity index (χ0) is 16.8. The molecule has 8 heteroatoms. The van der Waals surface area contributed by atoms with Crippen LogP contribution in [0.2, 0.25) is 0 Å². The number of fused-ring (bicyclic) bond motifs is 1. The number of amides is 2. The quantitative estimate of drug-likeness (QED) is 0.774. The molecular formula is C15H17BrN4O3. The molecule has 0 saturated carbocycles. The van der Waals surface area contributed by atoms with Crippen LogP contribution in [0.1, 0.15) is 13.3 Å². The van der Waals surface area contributed by atoms with Crippen molar-refractivity contribution in [2.75, 3.05) is 13.1 Å². The van der Waals surface area contributed by atoms with E-state index in [0.29, 0.717) is 17.4 Å². The van der Waals surface area contributed by atoms with E-state index >= 15 is 0 Å². The molecule has 2 amide bonds. The van der Waals surface area contributed by atoms with E-state index in [9.17, 15) is 14.4 Å². The van der Waals surface area contributed by atoms with Gasteiger partial charge in [0, 0.05) is 11.0 Å². The second-order valence-electron chi connectivity index (χ2n) is 4.97. The fourth-order valence-corrected chi connectivity index (χ4v) is 2.32. The second kappa shape index (κ2) is 7.87. The first-order chi connectivity index (χ1) is 11.0. The van der Waals surface area contributed by atoms with Crippen molar-refractivity contribution in [2.24, 2.45) is 0 Å². The van der Waals surface area contributed by atoms with Gasteiger partial charge in [0.05, 0.1) is 23.8 Å². The van der Waals surface area contributed by atoms with Crippen molar-refractivity contribution in [1.82, 2.24) is 20.2 Å². The van der Waals surface area contributed by atoms with E-state index < -0.39 is 5.91 Å². The van der Waals surface area contributed by atoms with Crippen molar-refractivity contribution in [3.05, 3.63) is 39.4 Å². The van der Waals surface area contributed by atoms with Gasteiger partial charge in [-0.15, -0.1) is 0 Å². The van der Waals surface area contributed by atoms with E-state index in [1.54, 1.807) is 18.2 Å².